The highest BCUT2D eigenvalue weighted by atomic mass is 16.6. The van der Waals surface area contributed by atoms with Gasteiger partial charge in [-0.15, -0.1) is 0 Å². The van der Waals surface area contributed by atoms with Crippen LogP contribution in [-0.4, -0.2) is 4.92 Å². The van der Waals surface area contributed by atoms with E-state index >= 15 is 0 Å². The van der Waals surface area contributed by atoms with Crippen LogP contribution in [-0.2, 0) is 0 Å². The molecule has 2 aromatic rings. The van der Waals surface area contributed by atoms with Gasteiger partial charge in [0.15, 0.2) is 0 Å². The van der Waals surface area contributed by atoms with Crippen molar-refractivity contribution < 1.29 is 4.92 Å². The number of nitrogen functional groups attached to an aromatic ring is 1. The summed E-state index contributed by atoms with van der Waals surface area (Å²) in [6.45, 7) is 0. The Hall–Kier alpha value is -2.88. The normalized spacial score (nSPS) is 11.2. The van der Waals surface area contributed by atoms with E-state index in [9.17, 15) is 10.1 Å². The highest BCUT2D eigenvalue weighted by Crippen LogP contribution is 2.14. The predicted molar refractivity (Wildman–Crippen MR) is 82.0 cm³/mol. The summed E-state index contributed by atoms with van der Waals surface area (Å²) in [5.41, 5.74) is 8.29. The molecule has 4 nitrogen and oxygen atoms in total. The van der Waals surface area contributed by atoms with E-state index in [-0.39, 0.29) is 5.69 Å². The molecule has 0 bridgehead atoms. The van der Waals surface area contributed by atoms with Gasteiger partial charge in [0.25, 0.3) is 5.69 Å². The SMILES string of the molecule is Nc1cccc(/C=C\C=C\c2cccc([N+](=O)[O-])c2)c1. The second kappa shape index (κ2) is 6.33. The standard InChI is InChI=1S/C16H14N2O2/c17-15-9-3-7-13(11-15)5-1-2-6-14-8-4-10-16(12-14)18(19)20/h1-12H,17H2/b5-1-,6-2+. The summed E-state index contributed by atoms with van der Waals surface area (Å²) in [5.74, 6) is 0. The minimum atomic E-state index is -0.403. The van der Waals surface area contributed by atoms with E-state index in [4.69, 9.17) is 5.73 Å². The first-order valence-electron chi connectivity index (χ1n) is 6.10. The number of hydrogen-bond donors (Lipinski definition) is 1. The van der Waals surface area contributed by atoms with Crippen molar-refractivity contribution in [3.8, 4) is 0 Å². The second-order valence-corrected chi connectivity index (χ2v) is 4.24. The van der Waals surface area contributed by atoms with Gasteiger partial charge in [0.1, 0.15) is 0 Å². The zero-order chi connectivity index (χ0) is 14.4. The zero-order valence-corrected chi connectivity index (χ0v) is 10.8. The molecular formula is C16H14N2O2. The molecule has 0 saturated carbocycles. The van der Waals surface area contributed by atoms with E-state index in [1.807, 2.05) is 54.6 Å². The Bertz CT molecular complexity index is 676. The molecule has 0 aliphatic rings. The number of rotatable bonds is 4. The fourth-order valence-corrected chi connectivity index (χ4v) is 1.74. The topological polar surface area (TPSA) is 69.2 Å². The molecule has 0 aliphatic heterocycles. The lowest BCUT2D eigenvalue weighted by molar-refractivity contribution is -0.384. The van der Waals surface area contributed by atoms with Crippen molar-refractivity contribution in [1.29, 1.82) is 0 Å². The third-order valence-electron chi connectivity index (χ3n) is 2.68. The molecule has 100 valence electrons. The molecule has 2 N–H and O–H groups in total. The average molecular weight is 266 g/mol. The van der Waals surface area contributed by atoms with Gasteiger partial charge in [-0.1, -0.05) is 48.6 Å². The van der Waals surface area contributed by atoms with Crippen molar-refractivity contribution in [2.75, 3.05) is 5.73 Å². The number of nitro groups is 1. The van der Waals surface area contributed by atoms with Crippen molar-refractivity contribution in [2.24, 2.45) is 0 Å². The van der Waals surface area contributed by atoms with Crippen molar-refractivity contribution in [2.45, 2.75) is 0 Å². The molecule has 0 fully saturated rings. The number of nitrogens with zero attached hydrogens (tertiary/aromatic N) is 1. The molecule has 0 radical (unpaired) electrons. The van der Waals surface area contributed by atoms with E-state index < -0.39 is 4.92 Å². The van der Waals surface area contributed by atoms with Gasteiger partial charge in [0.2, 0.25) is 0 Å². The van der Waals surface area contributed by atoms with Crippen molar-refractivity contribution >= 4 is 23.5 Å². The number of nitrogens with two attached hydrogens (primary N) is 1. The first-order valence-corrected chi connectivity index (χ1v) is 6.10. The van der Waals surface area contributed by atoms with Crippen LogP contribution in [0.4, 0.5) is 11.4 Å². The quantitative estimate of drug-likeness (QED) is 0.395. The summed E-state index contributed by atoms with van der Waals surface area (Å²) in [5, 5.41) is 10.7. The highest BCUT2D eigenvalue weighted by Gasteiger charge is 2.02. The maximum atomic E-state index is 10.7. The van der Waals surface area contributed by atoms with Gasteiger partial charge in [-0.3, -0.25) is 10.1 Å². The Morgan fingerprint density at radius 3 is 2.15 bits per heavy atom. The van der Waals surface area contributed by atoms with Gasteiger partial charge in [-0.05, 0) is 23.3 Å². The Morgan fingerprint density at radius 1 is 0.950 bits per heavy atom. The van der Waals surface area contributed by atoms with Crippen LogP contribution in [0.3, 0.4) is 0 Å². The molecule has 4 heteroatoms. The van der Waals surface area contributed by atoms with Crippen LogP contribution in [0.5, 0.6) is 0 Å². The van der Waals surface area contributed by atoms with Crippen LogP contribution in [0.15, 0.2) is 60.7 Å². The van der Waals surface area contributed by atoms with E-state index in [0.29, 0.717) is 0 Å². The van der Waals surface area contributed by atoms with Gasteiger partial charge < -0.3 is 5.73 Å². The van der Waals surface area contributed by atoms with Gasteiger partial charge in [0.05, 0.1) is 4.92 Å². The second-order valence-electron chi connectivity index (χ2n) is 4.24. The molecule has 0 spiro atoms. The fraction of sp³-hybridized carbons (Fsp3) is 0. The maximum absolute atomic E-state index is 10.7. The number of hydrogen-bond acceptors (Lipinski definition) is 3. The van der Waals surface area contributed by atoms with Crippen LogP contribution < -0.4 is 5.73 Å². The monoisotopic (exact) mass is 266 g/mol. The van der Waals surface area contributed by atoms with Crippen LogP contribution in [0, 0.1) is 10.1 Å². The predicted octanol–water partition coefficient (Wildman–Crippen LogP) is 3.90. The summed E-state index contributed by atoms with van der Waals surface area (Å²) in [6.07, 6.45) is 7.44. The third kappa shape index (κ3) is 3.81. The van der Waals surface area contributed by atoms with E-state index in [1.165, 1.54) is 12.1 Å². The van der Waals surface area contributed by atoms with Gasteiger partial charge >= 0.3 is 0 Å². The largest absolute Gasteiger partial charge is 0.399 e. The molecule has 2 rings (SSSR count). The Balaban J connectivity index is 2.06. The number of benzene rings is 2. The van der Waals surface area contributed by atoms with Crippen LogP contribution in [0.2, 0.25) is 0 Å². The zero-order valence-electron chi connectivity index (χ0n) is 10.8. The van der Waals surface area contributed by atoms with E-state index in [1.54, 1.807) is 6.07 Å². The molecule has 0 aliphatic carbocycles. The van der Waals surface area contributed by atoms with Crippen molar-refractivity contribution in [3.63, 3.8) is 0 Å². The van der Waals surface area contributed by atoms with Gasteiger partial charge in [0, 0.05) is 17.8 Å². The lowest BCUT2D eigenvalue weighted by Crippen LogP contribution is -1.87. The number of anilines is 1. The molecule has 20 heavy (non-hydrogen) atoms. The molecule has 0 atom stereocenters. The Kier molecular flexibility index (Phi) is 4.29. The maximum Gasteiger partial charge on any atom is 0.270 e. The number of allylic oxidation sites excluding steroid dienone is 2. The average Bonchev–Trinajstić information content (AvgIpc) is 2.44. The number of non-ortho nitro benzene ring substituents is 1. The molecule has 0 saturated heterocycles. The minimum Gasteiger partial charge on any atom is -0.399 e. The Morgan fingerprint density at radius 2 is 1.55 bits per heavy atom. The van der Waals surface area contributed by atoms with E-state index in [2.05, 4.69) is 0 Å². The fourth-order valence-electron chi connectivity index (χ4n) is 1.74. The third-order valence-corrected chi connectivity index (χ3v) is 2.68. The van der Waals surface area contributed by atoms with Gasteiger partial charge in [-0.2, -0.15) is 0 Å². The van der Waals surface area contributed by atoms with Crippen molar-refractivity contribution in [3.05, 3.63) is 81.9 Å². The lowest BCUT2D eigenvalue weighted by atomic mass is 10.1. The molecule has 0 heterocycles. The summed E-state index contributed by atoms with van der Waals surface area (Å²) in [7, 11) is 0. The summed E-state index contributed by atoms with van der Waals surface area (Å²) in [6, 6.07) is 14.0. The Labute approximate surface area is 117 Å². The minimum absolute atomic E-state index is 0.0898. The number of nitro benzene ring substituents is 1. The first kappa shape index (κ1) is 13.5. The highest BCUT2D eigenvalue weighted by molar-refractivity contribution is 5.60. The summed E-state index contributed by atoms with van der Waals surface area (Å²) < 4.78 is 0. The molecule has 0 unspecified atom stereocenters. The first-order chi connectivity index (χ1) is 9.65. The van der Waals surface area contributed by atoms with Crippen molar-refractivity contribution in [1.82, 2.24) is 0 Å². The smallest absolute Gasteiger partial charge is 0.270 e. The summed E-state index contributed by atoms with van der Waals surface area (Å²) in [4.78, 5) is 10.3. The van der Waals surface area contributed by atoms with Crippen LogP contribution in [0.25, 0.3) is 12.2 Å². The molecule has 0 amide bonds. The van der Waals surface area contributed by atoms with Crippen LogP contribution >= 0.6 is 0 Å². The van der Waals surface area contributed by atoms with Gasteiger partial charge in [-0.25, -0.2) is 0 Å². The lowest BCUT2D eigenvalue weighted by Gasteiger charge is -1.95. The molecular weight excluding hydrogens is 252 g/mol. The molecule has 0 aromatic heterocycles. The summed E-state index contributed by atoms with van der Waals surface area (Å²) >= 11 is 0. The van der Waals surface area contributed by atoms with E-state index in [0.717, 1.165) is 16.8 Å². The molecule has 2 aromatic carbocycles. The van der Waals surface area contributed by atoms with Crippen LogP contribution in [0.1, 0.15) is 11.1 Å².